The second kappa shape index (κ2) is 6.51. The maximum atomic E-state index is 12.9. The number of carboxylic acids is 1. The Morgan fingerprint density at radius 2 is 2.05 bits per heavy atom. The molecule has 0 aliphatic carbocycles. The third kappa shape index (κ3) is 4.65. The maximum Gasteiger partial charge on any atom is 0.416 e. The zero-order chi connectivity index (χ0) is 15.3. The molecule has 0 unspecified atom stereocenters. The summed E-state index contributed by atoms with van der Waals surface area (Å²) in [6.45, 7) is 2.84. The van der Waals surface area contributed by atoms with Crippen molar-refractivity contribution in [2.24, 2.45) is 0 Å². The largest absolute Gasteiger partial charge is 0.480 e. The van der Waals surface area contributed by atoms with Crippen molar-refractivity contribution in [1.29, 1.82) is 0 Å². The average molecular weight is 291 g/mol. The van der Waals surface area contributed by atoms with Crippen molar-refractivity contribution in [1.82, 2.24) is 4.90 Å². The lowest BCUT2D eigenvalue weighted by Gasteiger charge is -2.21. The molecule has 0 fully saturated rings. The molecule has 1 aromatic carbocycles. The van der Waals surface area contributed by atoms with Gasteiger partial charge in [-0.15, -0.1) is 6.58 Å². The van der Waals surface area contributed by atoms with Gasteiger partial charge < -0.3 is 5.11 Å². The third-order valence-electron chi connectivity index (χ3n) is 2.52. The molecule has 0 aromatic heterocycles. The van der Waals surface area contributed by atoms with Crippen molar-refractivity contribution in [2.45, 2.75) is 12.7 Å². The summed E-state index contributed by atoms with van der Waals surface area (Å²) in [6.07, 6.45) is -3.31. The molecule has 1 rings (SSSR count). The van der Waals surface area contributed by atoms with Crippen LogP contribution in [0.3, 0.4) is 0 Å². The van der Waals surface area contributed by atoms with Gasteiger partial charge in [0, 0.05) is 13.1 Å². The molecule has 7 heteroatoms. The van der Waals surface area contributed by atoms with E-state index in [-0.39, 0.29) is 18.7 Å². The minimum absolute atomic E-state index is 0.112. The highest BCUT2D eigenvalue weighted by Gasteiger charge is 2.34. The summed E-state index contributed by atoms with van der Waals surface area (Å²) in [5.41, 5.74) is -1.28. The smallest absolute Gasteiger partial charge is 0.416 e. The molecular formula is C13H13F4NO2. The zero-order valence-electron chi connectivity index (χ0n) is 10.5. The zero-order valence-corrected chi connectivity index (χ0v) is 10.5. The molecule has 0 spiro atoms. The summed E-state index contributed by atoms with van der Waals surface area (Å²) in [5.74, 6) is -2.16. The Balaban J connectivity index is 3.05. The monoisotopic (exact) mass is 291 g/mol. The fourth-order valence-electron chi connectivity index (χ4n) is 1.75. The standard InChI is InChI=1S/C13H13F4NO2/c1-2-5-18(8-12(19)20)7-9-3-4-10(14)6-11(9)13(15,16)17/h2-4,6H,1,5,7-8H2,(H,19,20). The maximum absolute atomic E-state index is 12.9. The van der Waals surface area contributed by atoms with E-state index < -0.39 is 30.1 Å². The van der Waals surface area contributed by atoms with Crippen LogP contribution in [0.15, 0.2) is 30.9 Å². The fourth-order valence-corrected chi connectivity index (χ4v) is 1.75. The van der Waals surface area contributed by atoms with Crippen LogP contribution in [0.2, 0.25) is 0 Å². The Labute approximate surface area is 113 Å². The number of rotatable bonds is 6. The molecule has 20 heavy (non-hydrogen) atoms. The fraction of sp³-hybridized carbons (Fsp3) is 0.308. The first-order chi connectivity index (χ1) is 9.24. The Bertz CT molecular complexity index is 500. The lowest BCUT2D eigenvalue weighted by molar-refractivity contribution is -0.139. The molecule has 1 aromatic rings. The summed E-state index contributed by atoms with van der Waals surface area (Å²) in [6, 6.07) is 2.33. The number of hydrogen-bond donors (Lipinski definition) is 1. The molecule has 0 amide bonds. The molecule has 0 saturated carbocycles. The lowest BCUT2D eigenvalue weighted by Crippen LogP contribution is -2.30. The number of aliphatic carboxylic acids is 1. The van der Waals surface area contributed by atoms with Gasteiger partial charge in [0.2, 0.25) is 0 Å². The van der Waals surface area contributed by atoms with E-state index in [1.807, 2.05) is 0 Å². The van der Waals surface area contributed by atoms with Gasteiger partial charge in [-0.05, 0) is 17.7 Å². The number of carboxylic acid groups (broad SMARTS) is 1. The highest BCUT2D eigenvalue weighted by atomic mass is 19.4. The van der Waals surface area contributed by atoms with E-state index in [0.29, 0.717) is 6.07 Å². The van der Waals surface area contributed by atoms with Crippen molar-refractivity contribution in [2.75, 3.05) is 13.1 Å². The Hall–Kier alpha value is -1.89. The van der Waals surface area contributed by atoms with Gasteiger partial charge in [0.25, 0.3) is 0 Å². The molecule has 0 saturated heterocycles. The predicted molar refractivity (Wildman–Crippen MR) is 64.5 cm³/mol. The van der Waals surface area contributed by atoms with E-state index >= 15 is 0 Å². The van der Waals surface area contributed by atoms with Crippen LogP contribution in [0, 0.1) is 5.82 Å². The van der Waals surface area contributed by atoms with Crippen molar-refractivity contribution in [3.63, 3.8) is 0 Å². The van der Waals surface area contributed by atoms with E-state index in [4.69, 9.17) is 5.11 Å². The van der Waals surface area contributed by atoms with Gasteiger partial charge in [0.1, 0.15) is 5.82 Å². The molecule has 0 radical (unpaired) electrons. The van der Waals surface area contributed by atoms with E-state index in [1.165, 1.54) is 11.0 Å². The van der Waals surface area contributed by atoms with Crippen molar-refractivity contribution in [3.8, 4) is 0 Å². The van der Waals surface area contributed by atoms with Gasteiger partial charge in [-0.25, -0.2) is 4.39 Å². The first-order valence-electron chi connectivity index (χ1n) is 5.64. The summed E-state index contributed by atoms with van der Waals surface area (Å²) in [5, 5.41) is 8.70. The molecule has 0 aliphatic rings. The molecule has 3 nitrogen and oxygen atoms in total. The van der Waals surface area contributed by atoms with Crippen LogP contribution in [0.25, 0.3) is 0 Å². The first-order valence-corrected chi connectivity index (χ1v) is 5.64. The van der Waals surface area contributed by atoms with E-state index in [0.717, 1.165) is 12.1 Å². The summed E-state index contributed by atoms with van der Waals surface area (Å²) < 4.78 is 51.4. The summed E-state index contributed by atoms with van der Waals surface area (Å²) in [7, 11) is 0. The lowest BCUT2D eigenvalue weighted by atomic mass is 10.1. The van der Waals surface area contributed by atoms with Crippen LogP contribution in [0.5, 0.6) is 0 Å². The summed E-state index contributed by atoms with van der Waals surface area (Å²) in [4.78, 5) is 11.9. The number of nitrogens with zero attached hydrogens (tertiary/aromatic N) is 1. The second-order valence-electron chi connectivity index (χ2n) is 4.15. The molecule has 0 atom stereocenters. The van der Waals surface area contributed by atoms with Crippen LogP contribution in [0.4, 0.5) is 17.6 Å². The van der Waals surface area contributed by atoms with Crippen LogP contribution < -0.4 is 0 Å². The van der Waals surface area contributed by atoms with Crippen molar-refractivity contribution >= 4 is 5.97 Å². The minimum Gasteiger partial charge on any atom is -0.480 e. The minimum atomic E-state index is -4.69. The molecule has 0 bridgehead atoms. The number of halogens is 4. The predicted octanol–water partition coefficient (Wildman–Crippen LogP) is 2.92. The van der Waals surface area contributed by atoms with Crippen LogP contribution in [0.1, 0.15) is 11.1 Å². The van der Waals surface area contributed by atoms with Crippen LogP contribution >= 0.6 is 0 Å². The van der Waals surface area contributed by atoms with Crippen molar-refractivity contribution in [3.05, 3.63) is 47.8 Å². The number of benzene rings is 1. The topological polar surface area (TPSA) is 40.5 Å². The van der Waals surface area contributed by atoms with Gasteiger partial charge in [0.15, 0.2) is 0 Å². The van der Waals surface area contributed by atoms with Crippen LogP contribution in [-0.4, -0.2) is 29.1 Å². The van der Waals surface area contributed by atoms with Gasteiger partial charge >= 0.3 is 12.1 Å². The number of hydrogen-bond acceptors (Lipinski definition) is 2. The molecular weight excluding hydrogens is 278 g/mol. The Morgan fingerprint density at radius 1 is 1.40 bits per heavy atom. The molecule has 0 heterocycles. The van der Waals surface area contributed by atoms with Gasteiger partial charge in [0.05, 0.1) is 12.1 Å². The number of carbonyl (C=O) groups is 1. The third-order valence-corrected chi connectivity index (χ3v) is 2.52. The van der Waals surface area contributed by atoms with Crippen molar-refractivity contribution < 1.29 is 27.5 Å². The quantitative estimate of drug-likeness (QED) is 0.647. The van der Waals surface area contributed by atoms with Crippen LogP contribution in [-0.2, 0) is 17.5 Å². The van der Waals surface area contributed by atoms with E-state index in [1.54, 1.807) is 0 Å². The average Bonchev–Trinajstić information content (AvgIpc) is 2.29. The first kappa shape index (κ1) is 16.2. The Kier molecular flexibility index (Phi) is 5.26. The normalized spacial score (nSPS) is 11.7. The SMILES string of the molecule is C=CCN(CC(=O)O)Cc1ccc(F)cc1C(F)(F)F. The molecule has 0 aliphatic heterocycles. The summed E-state index contributed by atoms with van der Waals surface area (Å²) >= 11 is 0. The van der Waals surface area contributed by atoms with E-state index in [2.05, 4.69) is 6.58 Å². The Morgan fingerprint density at radius 3 is 2.55 bits per heavy atom. The molecule has 110 valence electrons. The van der Waals surface area contributed by atoms with Gasteiger partial charge in [-0.1, -0.05) is 12.1 Å². The van der Waals surface area contributed by atoms with Gasteiger partial charge in [-0.2, -0.15) is 13.2 Å². The molecule has 1 N–H and O–H groups in total. The second-order valence-corrected chi connectivity index (χ2v) is 4.15. The highest BCUT2D eigenvalue weighted by Crippen LogP contribution is 2.33. The highest BCUT2D eigenvalue weighted by molar-refractivity contribution is 5.69. The van der Waals surface area contributed by atoms with E-state index in [9.17, 15) is 22.4 Å². The van der Waals surface area contributed by atoms with Gasteiger partial charge in [-0.3, -0.25) is 9.69 Å². The number of alkyl halides is 3.